The molecule has 0 saturated carbocycles. The lowest BCUT2D eigenvalue weighted by Gasteiger charge is -2.15. The number of hydrogen-bond donors (Lipinski definition) is 0. The molecule has 1 heterocycles. The zero-order valence-electron chi connectivity index (χ0n) is 9.53. The van der Waals surface area contributed by atoms with Crippen molar-refractivity contribution in [1.29, 1.82) is 0 Å². The van der Waals surface area contributed by atoms with Gasteiger partial charge < -0.3 is 4.74 Å². The summed E-state index contributed by atoms with van der Waals surface area (Å²) in [4.78, 5) is 4.54. The second-order valence-corrected chi connectivity index (χ2v) is 4.07. The summed E-state index contributed by atoms with van der Waals surface area (Å²) in [5, 5.41) is 0. The van der Waals surface area contributed by atoms with Gasteiger partial charge in [-0.2, -0.15) is 0 Å². The maximum atomic E-state index is 5.66. The minimum atomic E-state index is 0.190. The average Bonchev–Trinajstić information content (AvgIpc) is 2.61. The van der Waals surface area contributed by atoms with Gasteiger partial charge in [0.25, 0.3) is 0 Å². The highest BCUT2D eigenvalue weighted by Gasteiger charge is 2.28. The molecular formula is C13H17NO. The van der Waals surface area contributed by atoms with E-state index in [1.165, 1.54) is 11.1 Å². The molecule has 0 bridgehead atoms. The molecule has 2 nitrogen and oxygen atoms in total. The third-order valence-electron chi connectivity index (χ3n) is 2.82. The van der Waals surface area contributed by atoms with Gasteiger partial charge in [0, 0.05) is 6.92 Å². The minimum Gasteiger partial charge on any atom is -0.475 e. The molecule has 15 heavy (non-hydrogen) atoms. The third kappa shape index (κ3) is 2.04. The van der Waals surface area contributed by atoms with E-state index < -0.39 is 0 Å². The fourth-order valence-electron chi connectivity index (χ4n) is 1.95. The largest absolute Gasteiger partial charge is 0.475 e. The Hall–Kier alpha value is -1.31. The molecule has 0 saturated heterocycles. The predicted molar refractivity (Wildman–Crippen MR) is 62.2 cm³/mol. The van der Waals surface area contributed by atoms with E-state index in [0.29, 0.717) is 0 Å². The van der Waals surface area contributed by atoms with E-state index in [1.807, 2.05) is 6.92 Å². The van der Waals surface area contributed by atoms with Crippen LogP contribution in [0.3, 0.4) is 0 Å². The predicted octanol–water partition coefficient (Wildman–Crippen LogP) is 3.26. The Kier molecular flexibility index (Phi) is 2.76. The van der Waals surface area contributed by atoms with Crippen molar-refractivity contribution in [2.45, 2.75) is 39.3 Å². The molecule has 0 aromatic heterocycles. The zero-order chi connectivity index (χ0) is 10.8. The molecule has 0 N–H and O–H groups in total. The van der Waals surface area contributed by atoms with Crippen LogP contribution in [0.25, 0.3) is 0 Å². The molecule has 2 rings (SSSR count). The third-order valence-corrected chi connectivity index (χ3v) is 2.82. The van der Waals surface area contributed by atoms with Crippen molar-refractivity contribution in [3.05, 3.63) is 35.4 Å². The molecule has 0 spiro atoms. The first-order valence-electron chi connectivity index (χ1n) is 5.48. The Labute approximate surface area is 91.0 Å². The summed E-state index contributed by atoms with van der Waals surface area (Å²) in [6.45, 7) is 6.16. The van der Waals surface area contributed by atoms with Crippen molar-refractivity contribution >= 4 is 5.90 Å². The number of aliphatic imine (C=N–C) groups is 1. The molecule has 1 aliphatic heterocycles. The van der Waals surface area contributed by atoms with Gasteiger partial charge in [-0.25, -0.2) is 4.99 Å². The number of rotatable bonds is 2. The number of ether oxygens (including phenoxy) is 1. The van der Waals surface area contributed by atoms with Crippen molar-refractivity contribution in [3.63, 3.8) is 0 Å². The van der Waals surface area contributed by atoms with Crippen LogP contribution in [0.4, 0.5) is 0 Å². The highest BCUT2D eigenvalue weighted by Crippen LogP contribution is 2.30. The van der Waals surface area contributed by atoms with E-state index in [0.717, 1.165) is 12.3 Å². The summed E-state index contributed by atoms with van der Waals surface area (Å²) >= 11 is 0. The quantitative estimate of drug-likeness (QED) is 0.723. The van der Waals surface area contributed by atoms with Crippen molar-refractivity contribution in [1.82, 2.24) is 0 Å². The molecule has 2 atom stereocenters. The summed E-state index contributed by atoms with van der Waals surface area (Å²) in [5.74, 6) is 0.812. The fraction of sp³-hybridized carbons (Fsp3) is 0.462. The molecule has 2 unspecified atom stereocenters. The van der Waals surface area contributed by atoms with Gasteiger partial charge in [0.1, 0.15) is 12.1 Å². The molecular weight excluding hydrogens is 186 g/mol. The lowest BCUT2D eigenvalue weighted by atomic mass is 10.00. The first kappa shape index (κ1) is 10.2. The molecule has 0 amide bonds. The van der Waals surface area contributed by atoms with Crippen LogP contribution in [0, 0.1) is 6.92 Å². The van der Waals surface area contributed by atoms with Gasteiger partial charge in [0.2, 0.25) is 0 Å². The molecule has 0 fully saturated rings. The lowest BCUT2D eigenvalue weighted by Crippen LogP contribution is -2.14. The molecule has 0 radical (unpaired) electrons. The Morgan fingerprint density at radius 2 is 1.87 bits per heavy atom. The Morgan fingerprint density at radius 1 is 1.20 bits per heavy atom. The van der Waals surface area contributed by atoms with Crippen LogP contribution >= 0.6 is 0 Å². The maximum Gasteiger partial charge on any atom is 0.181 e. The van der Waals surface area contributed by atoms with E-state index in [9.17, 15) is 0 Å². The molecule has 80 valence electrons. The van der Waals surface area contributed by atoms with Crippen LogP contribution in [-0.4, -0.2) is 12.0 Å². The average molecular weight is 203 g/mol. The van der Waals surface area contributed by atoms with Crippen LogP contribution in [0.15, 0.2) is 29.3 Å². The topological polar surface area (TPSA) is 21.6 Å². The van der Waals surface area contributed by atoms with E-state index in [2.05, 4.69) is 43.1 Å². The normalized spacial score (nSPS) is 24.9. The Balaban J connectivity index is 2.26. The zero-order valence-corrected chi connectivity index (χ0v) is 9.53. The van der Waals surface area contributed by atoms with Crippen molar-refractivity contribution in [3.8, 4) is 0 Å². The SMILES string of the molecule is CCC1OC(C)=NC1c1ccc(C)cc1. The van der Waals surface area contributed by atoms with Gasteiger partial charge in [0.05, 0.1) is 0 Å². The highest BCUT2D eigenvalue weighted by atomic mass is 16.5. The van der Waals surface area contributed by atoms with Crippen LogP contribution in [0.2, 0.25) is 0 Å². The van der Waals surface area contributed by atoms with Crippen LogP contribution < -0.4 is 0 Å². The monoisotopic (exact) mass is 203 g/mol. The van der Waals surface area contributed by atoms with Crippen molar-refractivity contribution in [2.24, 2.45) is 4.99 Å². The van der Waals surface area contributed by atoms with Crippen LogP contribution in [0.1, 0.15) is 37.4 Å². The summed E-state index contributed by atoms with van der Waals surface area (Å²) in [6.07, 6.45) is 1.21. The minimum absolute atomic E-state index is 0.190. The van der Waals surface area contributed by atoms with Gasteiger partial charge in [-0.3, -0.25) is 0 Å². The summed E-state index contributed by atoms with van der Waals surface area (Å²) in [5.41, 5.74) is 2.54. The van der Waals surface area contributed by atoms with Crippen molar-refractivity contribution < 1.29 is 4.74 Å². The fourth-order valence-corrected chi connectivity index (χ4v) is 1.95. The number of benzene rings is 1. The number of hydrogen-bond acceptors (Lipinski definition) is 2. The Bertz CT molecular complexity index is 367. The smallest absolute Gasteiger partial charge is 0.181 e. The highest BCUT2D eigenvalue weighted by molar-refractivity contribution is 5.75. The van der Waals surface area contributed by atoms with Gasteiger partial charge in [-0.15, -0.1) is 0 Å². The molecule has 1 aliphatic rings. The first-order chi connectivity index (χ1) is 7.20. The summed E-state index contributed by atoms with van der Waals surface area (Å²) in [7, 11) is 0. The van der Waals surface area contributed by atoms with Gasteiger partial charge in [0.15, 0.2) is 5.90 Å². The standard InChI is InChI=1S/C13H17NO/c1-4-12-13(14-10(3)15-12)11-7-5-9(2)6-8-11/h5-8,12-13H,4H2,1-3H3. The molecule has 1 aromatic rings. The first-order valence-corrected chi connectivity index (χ1v) is 5.48. The Morgan fingerprint density at radius 3 is 2.47 bits per heavy atom. The molecule has 0 aliphatic carbocycles. The van der Waals surface area contributed by atoms with E-state index in [-0.39, 0.29) is 12.1 Å². The second kappa shape index (κ2) is 4.05. The lowest BCUT2D eigenvalue weighted by molar-refractivity contribution is 0.186. The summed E-state index contributed by atoms with van der Waals surface area (Å²) in [6, 6.07) is 8.74. The van der Waals surface area contributed by atoms with E-state index >= 15 is 0 Å². The number of nitrogens with zero attached hydrogens (tertiary/aromatic N) is 1. The van der Waals surface area contributed by atoms with Crippen LogP contribution in [0.5, 0.6) is 0 Å². The van der Waals surface area contributed by atoms with E-state index in [1.54, 1.807) is 0 Å². The van der Waals surface area contributed by atoms with Gasteiger partial charge in [-0.05, 0) is 18.9 Å². The molecule has 1 aromatic carbocycles. The molecule has 2 heteroatoms. The van der Waals surface area contributed by atoms with Gasteiger partial charge >= 0.3 is 0 Å². The van der Waals surface area contributed by atoms with E-state index in [4.69, 9.17) is 4.74 Å². The summed E-state index contributed by atoms with van der Waals surface area (Å²) < 4.78 is 5.66. The van der Waals surface area contributed by atoms with Crippen LogP contribution in [-0.2, 0) is 4.74 Å². The van der Waals surface area contributed by atoms with Crippen molar-refractivity contribution in [2.75, 3.05) is 0 Å². The van der Waals surface area contributed by atoms with Gasteiger partial charge in [-0.1, -0.05) is 36.8 Å². The maximum absolute atomic E-state index is 5.66. The second-order valence-electron chi connectivity index (χ2n) is 4.07. The number of aryl methyl sites for hydroxylation is 1.